The van der Waals surface area contributed by atoms with Crippen molar-refractivity contribution < 1.29 is 9.47 Å². The number of methoxy groups -OCH3 is 2. The highest BCUT2D eigenvalue weighted by Crippen LogP contribution is 2.21. The first-order valence-electron chi connectivity index (χ1n) is 5.99. The predicted octanol–water partition coefficient (Wildman–Crippen LogP) is 2.31. The largest absolute Gasteiger partial charge is 0.383 e. The summed E-state index contributed by atoms with van der Waals surface area (Å²) in [6.45, 7) is 4.15. The number of halogens is 1. The van der Waals surface area contributed by atoms with E-state index in [1.807, 2.05) is 12.1 Å². The van der Waals surface area contributed by atoms with E-state index in [0.29, 0.717) is 19.1 Å². The number of hydrogen-bond donors (Lipinski definition) is 0. The molecule has 0 amide bonds. The van der Waals surface area contributed by atoms with Gasteiger partial charge in [0, 0.05) is 32.5 Å². The molecule has 1 atom stereocenters. The van der Waals surface area contributed by atoms with Gasteiger partial charge in [0.05, 0.1) is 25.1 Å². The maximum atomic E-state index is 5.96. The van der Waals surface area contributed by atoms with Gasteiger partial charge in [-0.2, -0.15) is 0 Å². The molecule has 1 aromatic rings. The summed E-state index contributed by atoms with van der Waals surface area (Å²) in [5.74, 6) is 1.36. The lowest BCUT2D eigenvalue weighted by Crippen LogP contribution is -2.39. The fourth-order valence-electron chi connectivity index (χ4n) is 1.85. The van der Waals surface area contributed by atoms with E-state index in [4.69, 9.17) is 21.1 Å². The van der Waals surface area contributed by atoms with E-state index >= 15 is 0 Å². The van der Waals surface area contributed by atoms with Crippen LogP contribution in [0.3, 0.4) is 0 Å². The zero-order chi connectivity index (χ0) is 13.4. The molecule has 5 heteroatoms. The Morgan fingerprint density at radius 1 is 1.39 bits per heavy atom. The van der Waals surface area contributed by atoms with Gasteiger partial charge in [-0.25, -0.2) is 4.98 Å². The van der Waals surface area contributed by atoms with Crippen LogP contribution in [-0.2, 0) is 15.4 Å². The number of alkyl halides is 1. The molecular weight excluding hydrogens is 252 g/mol. The van der Waals surface area contributed by atoms with E-state index in [1.54, 1.807) is 20.4 Å². The first-order chi connectivity index (χ1) is 8.74. The van der Waals surface area contributed by atoms with Crippen molar-refractivity contribution in [2.75, 3.05) is 38.9 Å². The molecule has 0 aliphatic rings. The van der Waals surface area contributed by atoms with Crippen LogP contribution < -0.4 is 4.90 Å². The van der Waals surface area contributed by atoms with Gasteiger partial charge in [0.15, 0.2) is 0 Å². The minimum atomic E-state index is 0.224. The molecular formula is C13H21ClN2O2. The smallest absolute Gasteiger partial charge is 0.133 e. The molecule has 0 N–H and O–H groups in total. The molecule has 1 rings (SSSR count). The second-order valence-corrected chi connectivity index (χ2v) is 4.38. The summed E-state index contributed by atoms with van der Waals surface area (Å²) in [5.41, 5.74) is 1.03. The average molecular weight is 273 g/mol. The van der Waals surface area contributed by atoms with E-state index in [2.05, 4.69) is 16.8 Å². The molecule has 0 aliphatic carbocycles. The highest BCUT2D eigenvalue weighted by Gasteiger charge is 2.18. The molecule has 1 heterocycles. The molecule has 102 valence electrons. The monoisotopic (exact) mass is 272 g/mol. The third-order valence-corrected chi connectivity index (χ3v) is 3.05. The van der Waals surface area contributed by atoms with Crippen LogP contribution in [0.2, 0.25) is 0 Å². The van der Waals surface area contributed by atoms with Crippen molar-refractivity contribution >= 4 is 17.4 Å². The van der Waals surface area contributed by atoms with Crippen molar-refractivity contribution in [3.8, 4) is 0 Å². The number of aromatic nitrogens is 1. The molecule has 0 spiro atoms. The first kappa shape index (κ1) is 15.2. The molecule has 0 aliphatic heterocycles. The summed E-state index contributed by atoms with van der Waals surface area (Å²) in [6.07, 6.45) is 1.78. The number of ether oxygens (including phenoxy) is 2. The third kappa shape index (κ3) is 4.12. The highest BCUT2D eigenvalue weighted by molar-refractivity contribution is 6.17. The van der Waals surface area contributed by atoms with E-state index in [0.717, 1.165) is 17.9 Å². The van der Waals surface area contributed by atoms with Crippen molar-refractivity contribution in [3.05, 3.63) is 23.9 Å². The lowest BCUT2D eigenvalue weighted by molar-refractivity contribution is 0.170. The number of pyridine rings is 1. The normalized spacial score (nSPS) is 12.4. The SMILES string of the molecule is COCCN(c1ncccc1CCl)C(C)COC. The zero-order valence-electron chi connectivity index (χ0n) is 11.2. The summed E-state index contributed by atoms with van der Waals surface area (Å²) < 4.78 is 10.4. The van der Waals surface area contributed by atoms with Gasteiger partial charge in [0.1, 0.15) is 5.82 Å². The lowest BCUT2D eigenvalue weighted by atomic mass is 10.2. The van der Waals surface area contributed by atoms with Gasteiger partial charge in [-0.05, 0) is 13.0 Å². The molecule has 0 aromatic carbocycles. The number of hydrogen-bond acceptors (Lipinski definition) is 4. The number of nitrogens with zero attached hydrogens (tertiary/aromatic N) is 2. The standard InChI is InChI=1S/C13H21ClN2O2/c1-11(10-18-3)16(7-8-17-2)13-12(9-14)5-4-6-15-13/h4-6,11H,7-10H2,1-3H3. The Morgan fingerprint density at radius 3 is 2.78 bits per heavy atom. The maximum absolute atomic E-state index is 5.96. The molecule has 0 radical (unpaired) electrons. The Morgan fingerprint density at radius 2 is 2.17 bits per heavy atom. The van der Waals surface area contributed by atoms with Crippen molar-refractivity contribution in [1.82, 2.24) is 4.98 Å². The summed E-state index contributed by atoms with van der Waals surface area (Å²) >= 11 is 5.96. The third-order valence-electron chi connectivity index (χ3n) is 2.76. The van der Waals surface area contributed by atoms with Crippen molar-refractivity contribution in [2.24, 2.45) is 0 Å². The first-order valence-corrected chi connectivity index (χ1v) is 6.52. The van der Waals surface area contributed by atoms with E-state index < -0.39 is 0 Å². The van der Waals surface area contributed by atoms with Crippen molar-refractivity contribution in [3.63, 3.8) is 0 Å². The predicted molar refractivity (Wildman–Crippen MR) is 74.4 cm³/mol. The van der Waals surface area contributed by atoms with E-state index in [9.17, 15) is 0 Å². The van der Waals surface area contributed by atoms with Crippen LogP contribution in [-0.4, -0.2) is 45.0 Å². The Kier molecular flexibility index (Phi) is 7.01. The van der Waals surface area contributed by atoms with Crippen LogP contribution in [0.15, 0.2) is 18.3 Å². The van der Waals surface area contributed by atoms with Gasteiger partial charge >= 0.3 is 0 Å². The van der Waals surface area contributed by atoms with Gasteiger partial charge in [0.2, 0.25) is 0 Å². The second-order valence-electron chi connectivity index (χ2n) is 4.11. The molecule has 0 saturated carbocycles. The van der Waals surface area contributed by atoms with Crippen molar-refractivity contribution in [1.29, 1.82) is 0 Å². The van der Waals surface area contributed by atoms with Crippen LogP contribution in [0.1, 0.15) is 12.5 Å². The molecule has 0 fully saturated rings. The Balaban J connectivity index is 2.92. The van der Waals surface area contributed by atoms with Crippen molar-refractivity contribution in [2.45, 2.75) is 18.8 Å². The Hall–Kier alpha value is -0.840. The quantitative estimate of drug-likeness (QED) is 0.680. The summed E-state index contributed by atoms with van der Waals surface area (Å²) in [7, 11) is 3.39. The summed E-state index contributed by atoms with van der Waals surface area (Å²) in [4.78, 5) is 6.61. The number of anilines is 1. The summed E-state index contributed by atoms with van der Waals surface area (Å²) in [6, 6.07) is 4.12. The lowest BCUT2D eigenvalue weighted by Gasteiger charge is -2.31. The Labute approximate surface area is 114 Å². The van der Waals surface area contributed by atoms with Crippen LogP contribution >= 0.6 is 11.6 Å². The number of rotatable bonds is 8. The van der Waals surface area contributed by atoms with Crippen LogP contribution in [0.5, 0.6) is 0 Å². The molecule has 1 aromatic heterocycles. The minimum absolute atomic E-state index is 0.224. The van der Waals surface area contributed by atoms with Gasteiger partial charge in [-0.1, -0.05) is 6.07 Å². The fraction of sp³-hybridized carbons (Fsp3) is 0.615. The average Bonchev–Trinajstić information content (AvgIpc) is 2.40. The molecule has 0 bridgehead atoms. The van der Waals surface area contributed by atoms with E-state index in [-0.39, 0.29) is 6.04 Å². The minimum Gasteiger partial charge on any atom is -0.383 e. The second kappa shape index (κ2) is 8.29. The van der Waals surface area contributed by atoms with Crippen LogP contribution in [0.25, 0.3) is 0 Å². The fourth-order valence-corrected chi connectivity index (χ4v) is 2.06. The van der Waals surface area contributed by atoms with Gasteiger partial charge < -0.3 is 14.4 Å². The maximum Gasteiger partial charge on any atom is 0.133 e. The van der Waals surface area contributed by atoms with Crippen LogP contribution in [0.4, 0.5) is 5.82 Å². The van der Waals surface area contributed by atoms with Gasteiger partial charge in [-0.15, -0.1) is 11.6 Å². The summed E-state index contributed by atoms with van der Waals surface area (Å²) in [5, 5.41) is 0. The highest BCUT2D eigenvalue weighted by atomic mass is 35.5. The topological polar surface area (TPSA) is 34.6 Å². The van der Waals surface area contributed by atoms with Crippen LogP contribution in [0, 0.1) is 0 Å². The zero-order valence-corrected chi connectivity index (χ0v) is 12.0. The van der Waals surface area contributed by atoms with Gasteiger partial charge in [0.25, 0.3) is 0 Å². The molecule has 0 saturated heterocycles. The molecule has 18 heavy (non-hydrogen) atoms. The molecule has 1 unspecified atom stereocenters. The van der Waals surface area contributed by atoms with Gasteiger partial charge in [-0.3, -0.25) is 0 Å². The molecule has 4 nitrogen and oxygen atoms in total. The Bertz CT molecular complexity index is 350. The van der Waals surface area contributed by atoms with E-state index in [1.165, 1.54) is 0 Å².